The summed E-state index contributed by atoms with van der Waals surface area (Å²) in [6.07, 6.45) is 13.0. The Kier molecular flexibility index (Phi) is 8.89. The number of urea groups is 1. The molecule has 0 aliphatic heterocycles. The van der Waals surface area contributed by atoms with Crippen LogP contribution in [-0.2, 0) is 0 Å². The minimum absolute atomic E-state index is 0.114. The molecule has 3 unspecified atom stereocenters. The lowest BCUT2D eigenvalue weighted by atomic mass is 9.66. The fourth-order valence-corrected chi connectivity index (χ4v) is 5.28. The van der Waals surface area contributed by atoms with Crippen molar-refractivity contribution in [3.8, 4) is 5.88 Å². The molecule has 1 aromatic heterocycles. The number of nitrogens with zero attached hydrogens (tertiary/aromatic N) is 3. The van der Waals surface area contributed by atoms with Crippen LogP contribution in [0, 0.1) is 23.7 Å². The maximum absolute atomic E-state index is 13.3. The van der Waals surface area contributed by atoms with Crippen LogP contribution >= 0.6 is 0 Å². The van der Waals surface area contributed by atoms with Crippen LogP contribution in [0.2, 0.25) is 0 Å². The Labute approximate surface area is 210 Å². The first-order chi connectivity index (χ1) is 16.4. The highest BCUT2D eigenvalue weighted by molar-refractivity contribution is 5.96. The molecule has 2 N–H and O–H groups in total. The summed E-state index contributed by atoms with van der Waals surface area (Å²) in [5, 5.41) is 10.6. The predicted octanol–water partition coefficient (Wildman–Crippen LogP) is 4.77. The summed E-state index contributed by atoms with van der Waals surface area (Å²) < 4.78 is 7.64. The summed E-state index contributed by atoms with van der Waals surface area (Å²) >= 11 is 0. The van der Waals surface area contributed by atoms with Crippen molar-refractivity contribution < 1.29 is 14.3 Å². The van der Waals surface area contributed by atoms with E-state index in [1.54, 1.807) is 31.2 Å². The molecule has 2 fully saturated rings. The molecule has 3 amide bonds. The molecule has 2 bridgehead atoms. The predicted molar refractivity (Wildman–Crippen MR) is 139 cm³/mol. The lowest BCUT2D eigenvalue weighted by Gasteiger charge is -2.41. The zero-order valence-corrected chi connectivity index (χ0v) is 22.6. The van der Waals surface area contributed by atoms with Crippen LogP contribution in [0.5, 0.6) is 5.88 Å². The van der Waals surface area contributed by atoms with Crippen molar-refractivity contribution in [1.82, 2.24) is 25.3 Å². The second kappa shape index (κ2) is 11.5. The van der Waals surface area contributed by atoms with Crippen LogP contribution in [0.4, 0.5) is 4.79 Å². The number of rotatable bonds is 9. The van der Waals surface area contributed by atoms with Gasteiger partial charge in [-0.2, -0.15) is 5.10 Å². The second-order valence-corrected chi connectivity index (χ2v) is 11.8. The normalized spacial score (nSPS) is 23.3. The lowest BCUT2D eigenvalue weighted by molar-refractivity contribution is 0.0849. The standard InChI is InChI=1S/C27H45N5O3/c1-18(2)17-35-25-23(16-28-32(25)12-11-27(4,5)30-26(34)31(6)7)24(33)29-19(3)22-14-20-9-8-10-21(13-20)15-22/h11-12,16,18-22H,8-10,13-15,17H2,1-7H3,(H,29,33)(H,30,34)/b12-11+. The van der Waals surface area contributed by atoms with Crippen LogP contribution in [0.25, 0.3) is 6.20 Å². The van der Waals surface area contributed by atoms with Crippen molar-refractivity contribution in [2.24, 2.45) is 23.7 Å². The van der Waals surface area contributed by atoms with Crippen LogP contribution in [0.15, 0.2) is 12.3 Å². The first-order valence-electron chi connectivity index (χ1n) is 13.1. The van der Waals surface area contributed by atoms with Crippen molar-refractivity contribution in [1.29, 1.82) is 0 Å². The van der Waals surface area contributed by atoms with Crippen LogP contribution in [-0.4, -0.2) is 58.9 Å². The summed E-state index contributed by atoms with van der Waals surface area (Å²) in [5.41, 5.74) is -0.174. The SMILES string of the molecule is CC(C)COc1c(C(=O)NC(C)C2CC3CCCC(C3)C2)cnn1/C=C/C(C)(C)NC(=O)N(C)C. The summed E-state index contributed by atoms with van der Waals surface area (Å²) in [7, 11) is 3.40. The highest BCUT2D eigenvalue weighted by atomic mass is 16.5. The van der Waals surface area contributed by atoms with Gasteiger partial charge >= 0.3 is 6.03 Å². The van der Waals surface area contributed by atoms with E-state index in [0.717, 1.165) is 11.8 Å². The highest BCUT2D eigenvalue weighted by Crippen LogP contribution is 2.43. The fourth-order valence-electron chi connectivity index (χ4n) is 5.28. The smallest absolute Gasteiger partial charge is 0.317 e. The molecule has 8 nitrogen and oxygen atoms in total. The average Bonchev–Trinajstić information content (AvgIpc) is 3.18. The number of carbonyl (C=O) groups is 2. The number of nitrogens with one attached hydrogen (secondary N) is 2. The van der Waals surface area contributed by atoms with Gasteiger partial charge in [0.1, 0.15) is 5.56 Å². The fraction of sp³-hybridized carbons (Fsp3) is 0.741. The Balaban J connectivity index is 1.73. The van der Waals surface area contributed by atoms with E-state index in [-0.39, 0.29) is 18.0 Å². The zero-order chi connectivity index (χ0) is 25.8. The second-order valence-electron chi connectivity index (χ2n) is 11.8. The molecule has 0 radical (unpaired) electrons. The highest BCUT2D eigenvalue weighted by Gasteiger charge is 2.35. The zero-order valence-electron chi connectivity index (χ0n) is 22.6. The molecule has 8 heteroatoms. The van der Waals surface area contributed by atoms with E-state index in [1.165, 1.54) is 43.4 Å². The van der Waals surface area contributed by atoms with E-state index in [1.807, 2.05) is 19.9 Å². The first-order valence-corrected chi connectivity index (χ1v) is 13.1. The Morgan fingerprint density at radius 3 is 2.46 bits per heavy atom. The molecular weight excluding hydrogens is 442 g/mol. The van der Waals surface area contributed by atoms with E-state index < -0.39 is 5.54 Å². The maximum atomic E-state index is 13.3. The number of aromatic nitrogens is 2. The Morgan fingerprint density at radius 2 is 1.86 bits per heavy atom. The third-order valence-corrected chi connectivity index (χ3v) is 7.24. The quantitative estimate of drug-likeness (QED) is 0.525. The van der Waals surface area contributed by atoms with Gasteiger partial charge in [0.05, 0.1) is 18.3 Å². The molecule has 196 valence electrons. The van der Waals surface area contributed by atoms with Crippen molar-refractivity contribution >= 4 is 18.1 Å². The molecule has 2 saturated carbocycles. The average molecular weight is 488 g/mol. The molecule has 0 spiro atoms. The van der Waals surface area contributed by atoms with E-state index >= 15 is 0 Å². The minimum Gasteiger partial charge on any atom is -0.477 e. The molecule has 0 saturated heterocycles. The number of amides is 3. The maximum Gasteiger partial charge on any atom is 0.317 e. The number of ether oxygens (including phenoxy) is 1. The van der Waals surface area contributed by atoms with Crippen molar-refractivity contribution in [3.05, 3.63) is 17.8 Å². The molecule has 1 heterocycles. The molecule has 0 aromatic carbocycles. The molecule has 2 aliphatic carbocycles. The van der Waals surface area contributed by atoms with Gasteiger partial charge in [0, 0.05) is 26.3 Å². The third kappa shape index (κ3) is 7.48. The summed E-state index contributed by atoms with van der Waals surface area (Å²) in [6, 6.07) is -0.0692. The van der Waals surface area contributed by atoms with E-state index in [9.17, 15) is 9.59 Å². The van der Waals surface area contributed by atoms with Crippen LogP contribution in [0.1, 0.15) is 83.5 Å². The minimum atomic E-state index is -0.612. The molecule has 3 rings (SSSR count). The number of carbonyl (C=O) groups excluding carboxylic acids is 2. The monoisotopic (exact) mass is 487 g/mol. The van der Waals surface area contributed by atoms with Gasteiger partial charge in [0.25, 0.3) is 5.91 Å². The van der Waals surface area contributed by atoms with Gasteiger partial charge in [-0.1, -0.05) is 33.1 Å². The molecule has 2 aliphatic rings. The summed E-state index contributed by atoms with van der Waals surface area (Å²) in [5.74, 6) is 2.75. The Hall–Kier alpha value is -2.51. The first kappa shape index (κ1) is 27.1. The third-order valence-electron chi connectivity index (χ3n) is 7.24. The number of hydrogen-bond donors (Lipinski definition) is 2. The van der Waals surface area contributed by atoms with Crippen LogP contribution in [0.3, 0.4) is 0 Å². The van der Waals surface area contributed by atoms with Crippen molar-refractivity contribution in [2.45, 2.75) is 84.7 Å². The van der Waals surface area contributed by atoms with E-state index in [2.05, 4.69) is 36.5 Å². The molecule has 35 heavy (non-hydrogen) atoms. The van der Waals surface area contributed by atoms with Gasteiger partial charge in [-0.3, -0.25) is 4.79 Å². The van der Waals surface area contributed by atoms with Gasteiger partial charge in [-0.25, -0.2) is 9.48 Å². The Morgan fingerprint density at radius 1 is 1.20 bits per heavy atom. The Bertz CT molecular complexity index is 893. The van der Waals surface area contributed by atoms with Gasteiger partial charge < -0.3 is 20.3 Å². The van der Waals surface area contributed by atoms with Crippen molar-refractivity contribution in [3.63, 3.8) is 0 Å². The topological polar surface area (TPSA) is 88.5 Å². The van der Waals surface area contributed by atoms with Gasteiger partial charge in [0.2, 0.25) is 5.88 Å². The summed E-state index contributed by atoms with van der Waals surface area (Å²) in [6.45, 7) is 10.5. The number of fused-ring (bicyclic) bond motifs is 2. The van der Waals surface area contributed by atoms with E-state index in [0.29, 0.717) is 29.9 Å². The van der Waals surface area contributed by atoms with E-state index in [4.69, 9.17) is 4.74 Å². The molecule has 1 aromatic rings. The van der Waals surface area contributed by atoms with Crippen LogP contribution < -0.4 is 15.4 Å². The lowest BCUT2D eigenvalue weighted by Crippen LogP contribution is -2.46. The van der Waals surface area contributed by atoms with Crippen molar-refractivity contribution in [2.75, 3.05) is 20.7 Å². The van der Waals surface area contributed by atoms with Gasteiger partial charge in [0.15, 0.2) is 0 Å². The van der Waals surface area contributed by atoms with Gasteiger partial charge in [-0.05, 0) is 69.8 Å². The van der Waals surface area contributed by atoms with Gasteiger partial charge in [-0.15, -0.1) is 0 Å². The number of hydrogen-bond acceptors (Lipinski definition) is 4. The molecular formula is C27H45N5O3. The summed E-state index contributed by atoms with van der Waals surface area (Å²) in [4.78, 5) is 26.9. The largest absolute Gasteiger partial charge is 0.477 e. The molecule has 3 atom stereocenters.